The fourth-order valence-electron chi connectivity index (χ4n) is 1.41. The quantitative estimate of drug-likeness (QED) is 0.823. The zero-order chi connectivity index (χ0) is 13.9. The van der Waals surface area contributed by atoms with Crippen molar-refractivity contribution in [1.82, 2.24) is 4.31 Å². The van der Waals surface area contributed by atoms with E-state index < -0.39 is 39.0 Å². The van der Waals surface area contributed by atoms with Crippen molar-refractivity contribution in [3.05, 3.63) is 29.6 Å². The van der Waals surface area contributed by atoms with Gasteiger partial charge in [0, 0.05) is 13.1 Å². The molecule has 0 heterocycles. The first kappa shape index (κ1) is 14.9. The lowest BCUT2D eigenvalue weighted by Crippen LogP contribution is -2.34. The smallest absolute Gasteiger partial charge is 0.246 e. The van der Waals surface area contributed by atoms with E-state index in [-0.39, 0.29) is 13.1 Å². The Kier molecular flexibility index (Phi) is 4.71. The molecule has 0 aromatic heterocycles. The molecule has 0 saturated carbocycles. The van der Waals surface area contributed by atoms with Gasteiger partial charge in [-0.15, -0.1) is 0 Å². The minimum Gasteiger partial charge on any atom is -0.395 e. The summed E-state index contributed by atoms with van der Waals surface area (Å²) in [5.74, 6) is -5.06. The highest BCUT2D eigenvalue weighted by Gasteiger charge is 2.28. The number of likely N-dealkylation sites (N-methyl/N-ethyl adjacent to an activating group) is 1. The molecular weight excluding hydrogens is 271 g/mol. The summed E-state index contributed by atoms with van der Waals surface area (Å²) in [6, 6.07) is 1.20. The van der Waals surface area contributed by atoms with Crippen LogP contribution in [0.4, 0.5) is 13.2 Å². The molecule has 0 atom stereocenters. The van der Waals surface area contributed by atoms with Crippen molar-refractivity contribution >= 4 is 10.0 Å². The van der Waals surface area contributed by atoms with Gasteiger partial charge in [-0.25, -0.2) is 21.6 Å². The number of hydrogen-bond donors (Lipinski definition) is 1. The maximum Gasteiger partial charge on any atom is 0.246 e. The zero-order valence-electron chi connectivity index (χ0n) is 9.53. The summed E-state index contributed by atoms with van der Waals surface area (Å²) in [4.78, 5) is -0.948. The first-order valence-electron chi connectivity index (χ1n) is 5.10. The van der Waals surface area contributed by atoms with Gasteiger partial charge in [0.05, 0.1) is 6.61 Å². The number of halogens is 3. The maximum absolute atomic E-state index is 13.4. The highest BCUT2D eigenvalue weighted by molar-refractivity contribution is 7.89. The molecule has 1 aromatic carbocycles. The molecular formula is C10H12F3NO3S. The van der Waals surface area contributed by atoms with Gasteiger partial charge < -0.3 is 5.11 Å². The molecule has 0 aliphatic rings. The van der Waals surface area contributed by atoms with Gasteiger partial charge >= 0.3 is 0 Å². The van der Waals surface area contributed by atoms with Crippen LogP contribution in [0.5, 0.6) is 0 Å². The number of aliphatic hydroxyl groups excluding tert-OH is 1. The number of nitrogens with zero attached hydrogens (tertiary/aromatic N) is 1. The van der Waals surface area contributed by atoms with Crippen LogP contribution >= 0.6 is 0 Å². The van der Waals surface area contributed by atoms with Crippen molar-refractivity contribution in [3.8, 4) is 0 Å². The summed E-state index contributed by atoms with van der Waals surface area (Å²) in [6.45, 7) is 0.738. The van der Waals surface area contributed by atoms with Gasteiger partial charge in [0.2, 0.25) is 10.0 Å². The van der Waals surface area contributed by atoms with E-state index in [2.05, 4.69) is 0 Å². The molecule has 0 spiro atoms. The van der Waals surface area contributed by atoms with E-state index in [9.17, 15) is 21.6 Å². The topological polar surface area (TPSA) is 57.6 Å². The summed E-state index contributed by atoms with van der Waals surface area (Å²) in [5, 5.41) is 8.71. The first-order valence-corrected chi connectivity index (χ1v) is 6.54. The van der Waals surface area contributed by atoms with Crippen LogP contribution < -0.4 is 0 Å². The van der Waals surface area contributed by atoms with Crippen LogP contribution in [0.3, 0.4) is 0 Å². The third-order valence-electron chi connectivity index (χ3n) is 2.32. The van der Waals surface area contributed by atoms with Crippen molar-refractivity contribution in [1.29, 1.82) is 0 Å². The third-order valence-corrected chi connectivity index (χ3v) is 4.31. The van der Waals surface area contributed by atoms with E-state index in [0.29, 0.717) is 12.1 Å². The highest BCUT2D eigenvalue weighted by atomic mass is 32.2. The molecule has 0 aliphatic carbocycles. The summed E-state index contributed by atoms with van der Waals surface area (Å²) in [5.41, 5.74) is 0. The standard InChI is InChI=1S/C10H12F3NO3S/c1-2-14(5-6-15)18(16,17)8-4-3-7(11)9(12)10(8)13/h3-4,15H,2,5-6H2,1H3. The van der Waals surface area contributed by atoms with Gasteiger partial charge in [0.25, 0.3) is 0 Å². The molecule has 102 valence electrons. The van der Waals surface area contributed by atoms with Crippen molar-refractivity contribution < 1.29 is 26.7 Å². The molecule has 4 nitrogen and oxygen atoms in total. The van der Waals surface area contributed by atoms with Crippen molar-refractivity contribution in [2.75, 3.05) is 19.7 Å². The minimum absolute atomic E-state index is 0.0265. The molecule has 0 fully saturated rings. The average Bonchev–Trinajstić information content (AvgIpc) is 2.32. The monoisotopic (exact) mass is 283 g/mol. The molecule has 18 heavy (non-hydrogen) atoms. The Labute approximate surface area is 103 Å². The lowest BCUT2D eigenvalue weighted by atomic mass is 10.3. The fourth-order valence-corrected chi connectivity index (χ4v) is 2.90. The van der Waals surface area contributed by atoms with Gasteiger partial charge in [-0.3, -0.25) is 0 Å². The number of aliphatic hydroxyl groups is 1. The van der Waals surface area contributed by atoms with Gasteiger partial charge in [-0.05, 0) is 12.1 Å². The fraction of sp³-hybridized carbons (Fsp3) is 0.400. The molecule has 0 saturated heterocycles. The Morgan fingerprint density at radius 2 is 1.83 bits per heavy atom. The summed E-state index contributed by atoms with van der Waals surface area (Å²) >= 11 is 0. The molecule has 0 amide bonds. The van der Waals surface area contributed by atoms with Gasteiger partial charge in [-0.1, -0.05) is 6.92 Å². The molecule has 1 rings (SSSR count). The third kappa shape index (κ3) is 2.65. The Morgan fingerprint density at radius 1 is 1.22 bits per heavy atom. The zero-order valence-corrected chi connectivity index (χ0v) is 10.3. The predicted molar refractivity (Wildman–Crippen MR) is 57.8 cm³/mol. The van der Waals surface area contributed by atoms with Crippen LogP contribution in [0.25, 0.3) is 0 Å². The van der Waals surface area contributed by atoms with Gasteiger partial charge in [-0.2, -0.15) is 4.31 Å². The summed E-state index contributed by atoms with van der Waals surface area (Å²) in [6.07, 6.45) is 0. The molecule has 1 aromatic rings. The van der Waals surface area contributed by atoms with Crippen LogP contribution in [-0.4, -0.2) is 37.5 Å². The van der Waals surface area contributed by atoms with Crippen molar-refractivity contribution in [2.45, 2.75) is 11.8 Å². The van der Waals surface area contributed by atoms with E-state index in [1.54, 1.807) is 0 Å². The molecule has 8 heteroatoms. The second-order valence-electron chi connectivity index (χ2n) is 3.39. The number of rotatable bonds is 5. The Morgan fingerprint density at radius 3 is 2.33 bits per heavy atom. The van der Waals surface area contributed by atoms with Crippen LogP contribution in [0, 0.1) is 17.5 Å². The van der Waals surface area contributed by atoms with Crippen LogP contribution in [0.15, 0.2) is 17.0 Å². The van der Waals surface area contributed by atoms with Crippen LogP contribution in [0.2, 0.25) is 0 Å². The van der Waals surface area contributed by atoms with Crippen LogP contribution in [0.1, 0.15) is 6.92 Å². The average molecular weight is 283 g/mol. The highest BCUT2D eigenvalue weighted by Crippen LogP contribution is 2.22. The number of benzene rings is 1. The molecule has 0 unspecified atom stereocenters. The predicted octanol–water partition coefficient (Wildman–Crippen LogP) is 1.11. The van der Waals surface area contributed by atoms with Gasteiger partial charge in [0.1, 0.15) is 4.90 Å². The largest absolute Gasteiger partial charge is 0.395 e. The van der Waals surface area contributed by atoms with E-state index in [1.807, 2.05) is 0 Å². The summed E-state index contributed by atoms with van der Waals surface area (Å²) in [7, 11) is -4.29. The Balaban J connectivity index is 3.32. The lowest BCUT2D eigenvalue weighted by Gasteiger charge is -2.19. The maximum atomic E-state index is 13.4. The second kappa shape index (κ2) is 5.68. The van der Waals surface area contributed by atoms with Crippen molar-refractivity contribution in [3.63, 3.8) is 0 Å². The van der Waals surface area contributed by atoms with E-state index in [4.69, 9.17) is 5.11 Å². The van der Waals surface area contributed by atoms with E-state index in [0.717, 1.165) is 4.31 Å². The molecule has 0 radical (unpaired) electrons. The Bertz CT molecular complexity index is 533. The normalized spacial score (nSPS) is 12.1. The van der Waals surface area contributed by atoms with Gasteiger partial charge in [0.15, 0.2) is 17.5 Å². The molecule has 0 aliphatic heterocycles. The Hall–Kier alpha value is -1.12. The minimum atomic E-state index is -4.29. The number of hydrogen-bond acceptors (Lipinski definition) is 3. The van der Waals surface area contributed by atoms with Crippen molar-refractivity contribution in [2.24, 2.45) is 0 Å². The summed E-state index contributed by atoms with van der Waals surface area (Å²) < 4.78 is 63.7. The van der Waals surface area contributed by atoms with E-state index >= 15 is 0 Å². The SMILES string of the molecule is CCN(CCO)S(=O)(=O)c1ccc(F)c(F)c1F. The number of sulfonamides is 1. The lowest BCUT2D eigenvalue weighted by molar-refractivity contribution is 0.256. The van der Waals surface area contributed by atoms with E-state index in [1.165, 1.54) is 6.92 Å². The molecule has 0 bridgehead atoms. The second-order valence-corrected chi connectivity index (χ2v) is 5.30. The molecule has 1 N–H and O–H groups in total. The first-order chi connectivity index (χ1) is 8.36. The van der Waals surface area contributed by atoms with Crippen LogP contribution in [-0.2, 0) is 10.0 Å².